The highest BCUT2D eigenvalue weighted by molar-refractivity contribution is 7.90. The molecule has 0 unspecified atom stereocenters. The molecule has 3 heterocycles. The quantitative estimate of drug-likeness (QED) is 0.326. The number of amides is 1. The van der Waals surface area contributed by atoms with E-state index in [1.54, 1.807) is 75.4 Å². The summed E-state index contributed by atoms with van der Waals surface area (Å²) in [5, 5.41) is 3.18. The minimum absolute atomic E-state index is 0.0692. The van der Waals surface area contributed by atoms with Gasteiger partial charge in [-0.2, -0.15) is 4.31 Å². The number of hydrogen-bond donors (Lipinski definition) is 1. The summed E-state index contributed by atoms with van der Waals surface area (Å²) in [6.07, 6.45) is 2.52. The normalized spacial score (nSPS) is 14.8. The Labute approximate surface area is 240 Å². The first kappa shape index (κ1) is 28.8. The average molecular weight is 597 g/mol. The highest BCUT2D eigenvalue weighted by atomic mass is 32.2. The molecule has 0 saturated carbocycles. The molecule has 1 amide bonds. The number of fused-ring (bicyclic) bond motifs is 1. The molecule has 0 atom stereocenters. The minimum Gasteiger partial charge on any atom is -0.444 e. The molecule has 1 aliphatic heterocycles. The van der Waals surface area contributed by atoms with E-state index in [2.05, 4.69) is 10.3 Å². The molecular weight excluding hydrogens is 564 g/mol. The number of carbonyl (C=O) groups is 1. The number of carbonyl (C=O) groups excluding carboxylic acids is 1. The summed E-state index contributed by atoms with van der Waals surface area (Å²) in [7, 11) is -7.67. The van der Waals surface area contributed by atoms with Crippen molar-refractivity contribution in [3.63, 3.8) is 0 Å². The zero-order valence-electron chi connectivity index (χ0n) is 23.1. The van der Waals surface area contributed by atoms with Crippen molar-refractivity contribution in [1.82, 2.24) is 18.6 Å². The number of benzene rings is 2. The van der Waals surface area contributed by atoms with Crippen LogP contribution in [0.15, 0.2) is 82.7 Å². The molecular formula is C29H32N4O6S2. The predicted octanol–water partition coefficient (Wildman–Crippen LogP) is 4.75. The van der Waals surface area contributed by atoms with Crippen LogP contribution >= 0.6 is 0 Å². The molecule has 0 radical (unpaired) electrons. The standard InChI is InChI=1S/C29H32N4O6S2/c1-29(2,3)39-28(34)31-20-22-19-26-25(21-11-13-24(14-12-21)40(35,36)32-17-7-8-18-32)15-16-30-27(26)33(22)41(37,38)23-9-5-4-6-10-23/h4-6,9-16,19H,7-8,17-18,20H2,1-3H3,(H,31,34). The van der Waals surface area contributed by atoms with E-state index in [-0.39, 0.29) is 27.7 Å². The third-order valence-corrected chi connectivity index (χ3v) is 10.4. The second-order valence-electron chi connectivity index (χ2n) is 10.8. The first-order chi connectivity index (χ1) is 19.4. The number of hydrogen-bond acceptors (Lipinski definition) is 7. The first-order valence-corrected chi connectivity index (χ1v) is 16.1. The van der Waals surface area contributed by atoms with Crippen LogP contribution in [-0.4, -0.2) is 54.9 Å². The van der Waals surface area contributed by atoms with Gasteiger partial charge in [-0.15, -0.1) is 0 Å². The molecule has 5 rings (SSSR count). The van der Waals surface area contributed by atoms with Crippen LogP contribution in [0, 0.1) is 0 Å². The van der Waals surface area contributed by atoms with E-state index in [0.717, 1.165) is 16.8 Å². The van der Waals surface area contributed by atoms with Crippen LogP contribution in [0.4, 0.5) is 4.79 Å². The second-order valence-corrected chi connectivity index (χ2v) is 14.5. The number of alkyl carbamates (subject to hydrolysis) is 1. The Morgan fingerprint density at radius 1 is 0.902 bits per heavy atom. The second kappa shape index (κ2) is 10.9. The van der Waals surface area contributed by atoms with Gasteiger partial charge < -0.3 is 10.1 Å². The van der Waals surface area contributed by atoms with E-state index in [1.165, 1.54) is 22.6 Å². The van der Waals surface area contributed by atoms with Crippen molar-refractivity contribution in [3.05, 3.63) is 78.6 Å². The van der Waals surface area contributed by atoms with Gasteiger partial charge in [-0.25, -0.2) is 30.6 Å². The lowest BCUT2D eigenvalue weighted by molar-refractivity contribution is 0.0522. The summed E-state index contributed by atoms with van der Waals surface area (Å²) in [4.78, 5) is 17.1. The molecule has 1 aliphatic rings. The number of nitrogens with zero attached hydrogens (tertiary/aromatic N) is 3. The number of nitrogens with one attached hydrogen (secondary N) is 1. The van der Waals surface area contributed by atoms with Crippen LogP contribution in [0.25, 0.3) is 22.2 Å². The molecule has 1 saturated heterocycles. The number of sulfonamides is 1. The van der Waals surface area contributed by atoms with Crippen LogP contribution < -0.4 is 5.32 Å². The summed E-state index contributed by atoms with van der Waals surface area (Å²) >= 11 is 0. The van der Waals surface area contributed by atoms with Gasteiger partial charge in [0, 0.05) is 24.7 Å². The maximum Gasteiger partial charge on any atom is 0.407 e. The lowest BCUT2D eigenvalue weighted by Gasteiger charge is -2.20. The van der Waals surface area contributed by atoms with E-state index in [0.29, 0.717) is 29.6 Å². The average Bonchev–Trinajstić information content (AvgIpc) is 3.61. The summed E-state index contributed by atoms with van der Waals surface area (Å²) in [6, 6.07) is 17.9. The highest BCUT2D eigenvalue weighted by Crippen LogP contribution is 2.33. The lowest BCUT2D eigenvalue weighted by Crippen LogP contribution is -2.33. The zero-order chi connectivity index (χ0) is 29.4. The largest absolute Gasteiger partial charge is 0.444 e. The Balaban J connectivity index is 1.58. The van der Waals surface area contributed by atoms with Gasteiger partial charge in [-0.1, -0.05) is 30.3 Å². The van der Waals surface area contributed by atoms with Crippen molar-refractivity contribution in [1.29, 1.82) is 0 Å². The number of pyridine rings is 1. The number of ether oxygens (including phenoxy) is 1. The maximum atomic E-state index is 13.8. The minimum atomic E-state index is -4.09. The third-order valence-electron chi connectivity index (χ3n) is 6.70. The van der Waals surface area contributed by atoms with Gasteiger partial charge in [0.25, 0.3) is 10.0 Å². The van der Waals surface area contributed by atoms with Gasteiger partial charge >= 0.3 is 6.09 Å². The summed E-state index contributed by atoms with van der Waals surface area (Å²) < 4.78 is 61.6. The third kappa shape index (κ3) is 5.85. The van der Waals surface area contributed by atoms with Gasteiger partial charge in [0.05, 0.1) is 22.0 Å². The maximum absolute atomic E-state index is 13.8. The van der Waals surface area contributed by atoms with Gasteiger partial charge in [0.1, 0.15) is 5.60 Å². The zero-order valence-corrected chi connectivity index (χ0v) is 24.7. The van der Waals surface area contributed by atoms with Crippen molar-refractivity contribution >= 4 is 37.2 Å². The lowest BCUT2D eigenvalue weighted by atomic mass is 10.0. The Bertz CT molecular complexity index is 1790. The Morgan fingerprint density at radius 3 is 2.17 bits per heavy atom. The van der Waals surface area contributed by atoms with Gasteiger partial charge in [0.2, 0.25) is 10.0 Å². The SMILES string of the molecule is CC(C)(C)OC(=O)NCc1cc2c(-c3ccc(S(=O)(=O)N4CCCC4)cc3)ccnc2n1S(=O)(=O)c1ccccc1. The van der Waals surface area contributed by atoms with E-state index in [1.807, 2.05) is 0 Å². The van der Waals surface area contributed by atoms with Crippen molar-refractivity contribution in [3.8, 4) is 11.1 Å². The van der Waals surface area contributed by atoms with E-state index < -0.39 is 31.7 Å². The molecule has 41 heavy (non-hydrogen) atoms. The first-order valence-electron chi connectivity index (χ1n) is 13.3. The summed E-state index contributed by atoms with van der Waals surface area (Å²) in [5.41, 5.74) is 1.10. The molecule has 0 spiro atoms. The topological polar surface area (TPSA) is 128 Å². The van der Waals surface area contributed by atoms with E-state index in [9.17, 15) is 21.6 Å². The number of rotatable bonds is 7. The van der Waals surface area contributed by atoms with Crippen LogP contribution in [0.3, 0.4) is 0 Å². The smallest absolute Gasteiger partial charge is 0.407 e. The summed E-state index contributed by atoms with van der Waals surface area (Å²) in [5.74, 6) is 0. The molecule has 216 valence electrons. The fourth-order valence-corrected chi connectivity index (χ4v) is 7.86. The Hall–Kier alpha value is -3.74. The molecule has 2 aromatic heterocycles. The van der Waals surface area contributed by atoms with Crippen LogP contribution in [-0.2, 0) is 31.3 Å². The molecule has 1 fully saturated rings. The molecule has 1 N–H and O–H groups in total. The van der Waals surface area contributed by atoms with Gasteiger partial charge in [0.15, 0.2) is 5.65 Å². The Morgan fingerprint density at radius 2 is 1.54 bits per heavy atom. The monoisotopic (exact) mass is 596 g/mol. The Kier molecular flexibility index (Phi) is 7.66. The van der Waals surface area contributed by atoms with Crippen molar-refractivity contribution in [2.24, 2.45) is 0 Å². The van der Waals surface area contributed by atoms with E-state index >= 15 is 0 Å². The number of aromatic nitrogens is 2. The van der Waals surface area contributed by atoms with Crippen LogP contribution in [0.1, 0.15) is 39.3 Å². The van der Waals surface area contributed by atoms with Gasteiger partial charge in [-0.05, 0) is 81.1 Å². The molecule has 10 nitrogen and oxygen atoms in total. The predicted molar refractivity (Wildman–Crippen MR) is 155 cm³/mol. The van der Waals surface area contributed by atoms with Crippen molar-refractivity contribution in [2.45, 2.75) is 55.5 Å². The highest BCUT2D eigenvalue weighted by Gasteiger charge is 2.28. The van der Waals surface area contributed by atoms with Crippen molar-refractivity contribution in [2.75, 3.05) is 13.1 Å². The molecule has 4 aromatic rings. The molecule has 12 heteroatoms. The van der Waals surface area contributed by atoms with Gasteiger partial charge in [-0.3, -0.25) is 0 Å². The van der Waals surface area contributed by atoms with Crippen LogP contribution in [0.2, 0.25) is 0 Å². The summed E-state index contributed by atoms with van der Waals surface area (Å²) in [6.45, 7) is 6.10. The van der Waals surface area contributed by atoms with E-state index in [4.69, 9.17) is 4.74 Å². The molecule has 0 aliphatic carbocycles. The molecule has 2 aromatic carbocycles. The molecule has 0 bridgehead atoms. The van der Waals surface area contributed by atoms with Crippen LogP contribution in [0.5, 0.6) is 0 Å². The fourth-order valence-electron chi connectivity index (χ4n) is 4.83. The van der Waals surface area contributed by atoms with Crippen molar-refractivity contribution < 1.29 is 26.4 Å². The fraction of sp³-hybridized carbons (Fsp3) is 0.310.